The molecular weight excluding hydrogens is 328 g/mol. The fourth-order valence-corrected chi connectivity index (χ4v) is 2.71. The third kappa shape index (κ3) is 3.24. The van der Waals surface area contributed by atoms with Crippen LogP contribution in [-0.2, 0) is 11.3 Å². The summed E-state index contributed by atoms with van der Waals surface area (Å²) < 4.78 is 16.5. The number of ether oxygens (including phenoxy) is 2. The third-order valence-corrected chi connectivity index (χ3v) is 4.04. The van der Waals surface area contributed by atoms with E-state index in [1.54, 1.807) is 32.0 Å². The lowest BCUT2D eigenvalue weighted by Crippen LogP contribution is -2.05. The summed E-state index contributed by atoms with van der Waals surface area (Å²) in [6.07, 6.45) is 0. The van der Waals surface area contributed by atoms with Crippen molar-refractivity contribution in [3.05, 3.63) is 64.4 Å². The molecule has 0 saturated carbocycles. The van der Waals surface area contributed by atoms with Gasteiger partial charge in [0.1, 0.15) is 29.3 Å². The van der Waals surface area contributed by atoms with Gasteiger partial charge in [0.2, 0.25) is 0 Å². The van der Waals surface area contributed by atoms with Gasteiger partial charge in [-0.2, -0.15) is 0 Å². The molecule has 0 saturated heterocycles. The van der Waals surface area contributed by atoms with Gasteiger partial charge in [-0.25, -0.2) is 4.79 Å². The van der Waals surface area contributed by atoms with Crippen molar-refractivity contribution in [1.82, 2.24) is 0 Å². The summed E-state index contributed by atoms with van der Waals surface area (Å²) in [5.74, 6) is 0.775. The summed E-state index contributed by atoms with van der Waals surface area (Å²) in [6.45, 7) is 4.18. The minimum absolute atomic E-state index is 0.313. The maximum Gasteiger partial charge on any atom is 0.342 e. The summed E-state index contributed by atoms with van der Waals surface area (Å²) >= 11 is 6.13. The van der Waals surface area contributed by atoms with Crippen LogP contribution in [0.1, 0.15) is 28.6 Å². The average Bonchev–Trinajstić information content (AvgIpc) is 2.89. The van der Waals surface area contributed by atoms with Crippen LogP contribution in [0.25, 0.3) is 11.0 Å². The fraction of sp³-hybridized carbons (Fsp3) is 0.211. The molecule has 0 radical (unpaired) electrons. The zero-order chi connectivity index (χ0) is 17.1. The first-order chi connectivity index (χ1) is 11.6. The van der Waals surface area contributed by atoms with Crippen LogP contribution in [0.2, 0.25) is 5.02 Å². The lowest BCUT2D eigenvalue weighted by atomic mass is 10.1. The molecule has 0 aliphatic carbocycles. The number of benzene rings is 2. The number of carbonyl (C=O) groups excluding carboxylic acids is 1. The van der Waals surface area contributed by atoms with E-state index in [4.69, 9.17) is 25.5 Å². The molecule has 1 heterocycles. The highest BCUT2D eigenvalue weighted by Gasteiger charge is 2.19. The average molecular weight is 345 g/mol. The van der Waals surface area contributed by atoms with E-state index in [-0.39, 0.29) is 0 Å². The molecule has 0 atom stereocenters. The lowest BCUT2D eigenvalue weighted by molar-refractivity contribution is 0.0526. The van der Waals surface area contributed by atoms with E-state index in [1.165, 1.54) is 0 Å². The van der Waals surface area contributed by atoms with Gasteiger partial charge in [0.15, 0.2) is 0 Å². The Morgan fingerprint density at radius 1 is 1.21 bits per heavy atom. The predicted molar refractivity (Wildman–Crippen MR) is 92.7 cm³/mol. The third-order valence-electron chi connectivity index (χ3n) is 3.67. The van der Waals surface area contributed by atoms with E-state index in [0.717, 1.165) is 5.56 Å². The number of furan rings is 1. The standard InChI is InChI=1S/C19H17ClO4/c1-3-22-19(21)18-12(2)24-17-9-8-14(10-15(17)18)23-11-13-6-4-5-7-16(13)20/h4-10H,3,11H2,1-2H3. The number of hydrogen-bond donors (Lipinski definition) is 0. The molecule has 0 aliphatic heterocycles. The van der Waals surface area contributed by atoms with Crippen molar-refractivity contribution >= 4 is 28.5 Å². The molecule has 0 fully saturated rings. The smallest absolute Gasteiger partial charge is 0.342 e. The molecule has 3 rings (SSSR count). The largest absolute Gasteiger partial charge is 0.489 e. The number of fused-ring (bicyclic) bond motifs is 1. The van der Waals surface area contributed by atoms with Crippen LogP contribution in [-0.4, -0.2) is 12.6 Å². The van der Waals surface area contributed by atoms with Gasteiger partial charge < -0.3 is 13.9 Å². The second kappa shape index (κ2) is 6.97. The van der Waals surface area contributed by atoms with Gasteiger partial charge in [0, 0.05) is 16.0 Å². The van der Waals surface area contributed by atoms with Gasteiger partial charge in [-0.05, 0) is 38.1 Å². The van der Waals surface area contributed by atoms with Crippen molar-refractivity contribution in [3.63, 3.8) is 0 Å². The molecule has 3 aromatic rings. The Bertz CT molecular complexity index is 882. The molecule has 2 aromatic carbocycles. The second-order valence-electron chi connectivity index (χ2n) is 5.29. The van der Waals surface area contributed by atoms with Crippen LogP contribution >= 0.6 is 11.6 Å². The van der Waals surface area contributed by atoms with E-state index >= 15 is 0 Å². The van der Waals surface area contributed by atoms with Crippen molar-refractivity contribution in [2.75, 3.05) is 6.61 Å². The Morgan fingerprint density at radius 2 is 2.00 bits per heavy atom. The first-order valence-electron chi connectivity index (χ1n) is 7.66. The summed E-state index contributed by atoms with van der Waals surface area (Å²) in [4.78, 5) is 12.1. The van der Waals surface area contributed by atoms with Crippen molar-refractivity contribution in [2.45, 2.75) is 20.5 Å². The van der Waals surface area contributed by atoms with E-state index in [0.29, 0.717) is 46.3 Å². The van der Waals surface area contributed by atoms with Gasteiger partial charge >= 0.3 is 5.97 Å². The predicted octanol–water partition coefficient (Wildman–Crippen LogP) is 5.15. The van der Waals surface area contributed by atoms with Crippen LogP contribution in [0.4, 0.5) is 0 Å². The number of aryl methyl sites for hydroxylation is 1. The molecular formula is C19H17ClO4. The fourth-order valence-electron chi connectivity index (χ4n) is 2.52. The normalized spacial score (nSPS) is 10.8. The van der Waals surface area contributed by atoms with Crippen LogP contribution in [0, 0.1) is 6.92 Å². The molecule has 124 valence electrons. The lowest BCUT2D eigenvalue weighted by Gasteiger charge is -2.08. The molecule has 4 nitrogen and oxygen atoms in total. The van der Waals surface area contributed by atoms with E-state index in [1.807, 2.05) is 24.3 Å². The van der Waals surface area contributed by atoms with E-state index in [2.05, 4.69) is 0 Å². The summed E-state index contributed by atoms with van der Waals surface area (Å²) in [5, 5.41) is 1.34. The van der Waals surface area contributed by atoms with Crippen molar-refractivity contribution in [3.8, 4) is 5.75 Å². The minimum Gasteiger partial charge on any atom is -0.489 e. The Labute approximate surface area is 144 Å². The van der Waals surface area contributed by atoms with Gasteiger partial charge in [-0.3, -0.25) is 0 Å². The molecule has 0 bridgehead atoms. The quantitative estimate of drug-likeness (QED) is 0.600. The van der Waals surface area contributed by atoms with E-state index in [9.17, 15) is 4.79 Å². The topological polar surface area (TPSA) is 48.7 Å². The maximum absolute atomic E-state index is 12.1. The Balaban J connectivity index is 1.89. The van der Waals surface area contributed by atoms with Gasteiger partial charge in [-0.1, -0.05) is 29.8 Å². The number of halogens is 1. The molecule has 0 amide bonds. The first kappa shape index (κ1) is 16.4. The van der Waals surface area contributed by atoms with Gasteiger partial charge in [-0.15, -0.1) is 0 Å². The SMILES string of the molecule is CCOC(=O)c1c(C)oc2ccc(OCc3ccccc3Cl)cc12. The highest BCUT2D eigenvalue weighted by molar-refractivity contribution is 6.31. The molecule has 24 heavy (non-hydrogen) atoms. The van der Waals surface area contributed by atoms with Crippen molar-refractivity contribution < 1.29 is 18.7 Å². The molecule has 0 aliphatic rings. The summed E-state index contributed by atoms with van der Waals surface area (Å²) in [5.41, 5.74) is 1.96. The van der Waals surface area contributed by atoms with Crippen molar-refractivity contribution in [1.29, 1.82) is 0 Å². The van der Waals surface area contributed by atoms with Crippen LogP contribution in [0.15, 0.2) is 46.9 Å². The minimum atomic E-state index is -0.392. The van der Waals surface area contributed by atoms with Crippen molar-refractivity contribution in [2.24, 2.45) is 0 Å². The van der Waals surface area contributed by atoms with Crippen LogP contribution in [0.5, 0.6) is 5.75 Å². The van der Waals surface area contributed by atoms with E-state index < -0.39 is 5.97 Å². The highest BCUT2D eigenvalue weighted by atomic mass is 35.5. The molecule has 0 unspecified atom stereocenters. The zero-order valence-electron chi connectivity index (χ0n) is 13.5. The monoisotopic (exact) mass is 344 g/mol. The molecule has 1 aromatic heterocycles. The molecule has 0 N–H and O–H groups in total. The second-order valence-corrected chi connectivity index (χ2v) is 5.70. The highest BCUT2D eigenvalue weighted by Crippen LogP contribution is 2.30. The number of hydrogen-bond acceptors (Lipinski definition) is 4. The Morgan fingerprint density at radius 3 is 2.75 bits per heavy atom. The Hall–Kier alpha value is -2.46. The van der Waals surface area contributed by atoms with Gasteiger partial charge in [0.05, 0.1) is 6.61 Å². The number of rotatable bonds is 5. The molecule has 5 heteroatoms. The van der Waals surface area contributed by atoms with Gasteiger partial charge in [0.25, 0.3) is 0 Å². The maximum atomic E-state index is 12.1. The summed E-state index contributed by atoms with van der Waals surface area (Å²) in [7, 11) is 0. The molecule has 0 spiro atoms. The number of esters is 1. The number of carbonyl (C=O) groups is 1. The summed E-state index contributed by atoms with van der Waals surface area (Å²) in [6, 6.07) is 12.9. The Kier molecular flexibility index (Phi) is 4.76. The zero-order valence-corrected chi connectivity index (χ0v) is 14.2. The van der Waals surface area contributed by atoms with Crippen LogP contribution < -0.4 is 4.74 Å². The first-order valence-corrected chi connectivity index (χ1v) is 8.04. The van der Waals surface area contributed by atoms with Crippen LogP contribution in [0.3, 0.4) is 0 Å².